The van der Waals surface area contributed by atoms with Gasteiger partial charge in [0.2, 0.25) is 0 Å². The van der Waals surface area contributed by atoms with Gasteiger partial charge in [0.25, 0.3) is 0 Å². The maximum absolute atomic E-state index is 6.18. The Bertz CT molecular complexity index is 597. The minimum absolute atomic E-state index is 0.372. The van der Waals surface area contributed by atoms with Crippen LogP contribution in [0.3, 0.4) is 0 Å². The molecule has 1 aliphatic heterocycles. The molecular formula is C18H28BNO4. The maximum Gasteiger partial charge on any atom is 0.491 e. The Hall–Kier alpha value is -1.50. The summed E-state index contributed by atoms with van der Waals surface area (Å²) in [5.74, 6) is 1.56. The molecule has 0 saturated carbocycles. The molecule has 5 nitrogen and oxygen atoms in total. The molecule has 24 heavy (non-hydrogen) atoms. The van der Waals surface area contributed by atoms with Crippen LogP contribution >= 0.6 is 0 Å². The normalized spacial score (nSPS) is 19.5. The molecule has 0 aliphatic carbocycles. The van der Waals surface area contributed by atoms with Gasteiger partial charge >= 0.3 is 7.12 Å². The molecule has 1 N–H and O–H groups in total. The van der Waals surface area contributed by atoms with Crippen molar-refractivity contribution < 1.29 is 18.8 Å². The fourth-order valence-corrected chi connectivity index (χ4v) is 2.55. The van der Waals surface area contributed by atoms with Crippen LogP contribution in [0.5, 0.6) is 11.5 Å². The first kappa shape index (κ1) is 18.8. The van der Waals surface area contributed by atoms with Crippen molar-refractivity contribution in [3.05, 3.63) is 29.2 Å². The third kappa shape index (κ3) is 3.77. The molecule has 1 aromatic carbocycles. The standard InChI is InChI=1S/C18H28BNO4/c1-17(2)18(3,4)24-19(23-17)14(12-20-5)10-13-11-15(21-6)8-9-16(13)22-7/h8-11,20H,12H2,1-7H3. The Morgan fingerprint density at radius 1 is 1.12 bits per heavy atom. The van der Waals surface area contributed by atoms with E-state index in [0.29, 0.717) is 6.54 Å². The first-order chi connectivity index (χ1) is 11.2. The maximum atomic E-state index is 6.18. The van der Waals surface area contributed by atoms with Gasteiger partial charge in [-0.25, -0.2) is 0 Å². The second-order valence-corrected chi connectivity index (χ2v) is 6.95. The van der Waals surface area contributed by atoms with Crippen molar-refractivity contribution in [3.63, 3.8) is 0 Å². The fourth-order valence-electron chi connectivity index (χ4n) is 2.55. The van der Waals surface area contributed by atoms with Gasteiger partial charge < -0.3 is 24.1 Å². The molecule has 0 unspecified atom stereocenters. The molecule has 6 heteroatoms. The summed E-state index contributed by atoms with van der Waals surface area (Å²) in [6, 6.07) is 5.72. The monoisotopic (exact) mass is 333 g/mol. The van der Waals surface area contributed by atoms with Gasteiger partial charge in [0.05, 0.1) is 25.4 Å². The van der Waals surface area contributed by atoms with Crippen LogP contribution in [-0.2, 0) is 9.31 Å². The summed E-state index contributed by atoms with van der Waals surface area (Å²) < 4.78 is 23.1. The van der Waals surface area contributed by atoms with Gasteiger partial charge in [-0.15, -0.1) is 0 Å². The van der Waals surface area contributed by atoms with Crippen molar-refractivity contribution in [3.8, 4) is 11.5 Å². The number of rotatable bonds is 6. The van der Waals surface area contributed by atoms with E-state index in [0.717, 1.165) is 22.5 Å². The highest BCUT2D eigenvalue weighted by Crippen LogP contribution is 2.39. The largest absolute Gasteiger partial charge is 0.497 e. The van der Waals surface area contributed by atoms with Crippen molar-refractivity contribution in [2.75, 3.05) is 27.8 Å². The number of likely N-dealkylation sites (N-methyl/N-ethyl adjacent to an activating group) is 1. The number of benzene rings is 1. The van der Waals surface area contributed by atoms with E-state index in [1.807, 2.05) is 31.3 Å². The van der Waals surface area contributed by atoms with Crippen molar-refractivity contribution >= 4 is 13.2 Å². The summed E-state index contributed by atoms with van der Waals surface area (Å²) in [4.78, 5) is 0. The second kappa shape index (κ2) is 7.17. The summed E-state index contributed by atoms with van der Waals surface area (Å²) >= 11 is 0. The highest BCUT2D eigenvalue weighted by molar-refractivity contribution is 6.56. The molecule has 1 fully saturated rings. The van der Waals surface area contributed by atoms with Crippen LogP contribution in [0, 0.1) is 0 Å². The van der Waals surface area contributed by atoms with E-state index >= 15 is 0 Å². The number of nitrogens with one attached hydrogen (secondary N) is 1. The van der Waals surface area contributed by atoms with Crippen molar-refractivity contribution in [1.29, 1.82) is 0 Å². The predicted molar refractivity (Wildman–Crippen MR) is 97.5 cm³/mol. The van der Waals surface area contributed by atoms with Gasteiger partial charge in [-0.3, -0.25) is 0 Å². The summed E-state index contributed by atoms with van der Waals surface area (Å²) in [7, 11) is 4.81. The highest BCUT2D eigenvalue weighted by Gasteiger charge is 2.52. The van der Waals surface area contributed by atoms with E-state index in [4.69, 9.17) is 18.8 Å². The lowest BCUT2D eigenvalue weighted by molar-refractivity contribution is 0.00578. The van der Waals surface area contributed by atoms with Crippen molar-refractivity contribution in [2.45, 2.75) is 38.9 Å². The van der Waals surface area contributed by atoms with Crippen LogP contribution in [0.4, 0.5) is 0 Å². The van der Waals surface area contributed by atoms with Crippen molar-refractivity contribution in [2.24, 2.45) is 0 Å². The zero-order valence-electron chi connectivity index (χ0n) is 15.7. The van der Waals surface area contributed by atoms with Crippen LogP contribution in [-0.4, -0.2) is 46.1 Å². The Labute approximate surface area is 145 Å². The highest BCUT2D eigenvalue weighted by atomic mass is 16.7. The Morgan fingerprint density at radius 2 is 1.75 bits per heavy atom. The Morgan fingerprint density at radius 3 is 2.25 bits per heavy atom. The smallest absolute Gasteiger partial charge is 0.491 e. The third-order valence-corrected chi connectivity index (χ3v) is 4.71. The molecule has 0 aromatic heterocycles. The number of hydrogen-bond donors (Lipinski definition) is 1. The fraction of sp³-hybridized carbons (Fsp3) is 0.556. The first-order valence-corrected chi connectivity index (χ1v) is 8.17. The molecule has 1 heterocycles. The van der Waals surface area contributed by atoms with Gasteiger partial charge in [0.1, 0.15) is 11.5 Å². The number of hydrogen-bond acceptors (Lipinski definition) is 5. The number of methoxy groups -OCH3 is 2. The van der Waals surface area contributed by atoms with E-state index in [2.05, 4.69) is 33.0 Å². The van der Waals surface area contributed by atoms with Crippen LogP contribution < -0.4 is 14.8 Å². The molecule has 1 aromatic rings. The lowest BCUT2D eigenvalue weighted by atomic mass is 9.77. The molecule has 2 rings (SSSR count). The van der Waals surface area contributed by atoms with E-state index in [1.165, 1.54) is 0 Å². The number of ether oxygens (including phenoxy) is 2. The summed E-state index contributed by atoms with van der Waals surface area (Å²) in [5, 5.41) is 3.19. The average molecular weight is 333 g/mol. The first-order valence-electron chi connectivity index (χ1n) is 8.17. The molecule has 1 aliphatic rings. The average Bonchev–Trinajstić information content (AvgIpc) is 2.74. The summed E-state index contributed by atoms with van der Waals surface area (Å²) in [6.45, 7) is 8.86. The molecule has 0 spiro atoms. The zero-order valence-corrected chi connectivity index (χ0v) is 15.7. The van der Waals surface area contributed by atoms with Gasteiger partial charge in [0, 0.05) is 12.1 Å². The van der Waals surface area contributed by atoms with Gasteiger partial charge in [-0.1, -0.05) is 6.08 Å². The van der Waals surface area contributed by atoms with Gasteiger partial charge in [0.15, 0.2) is 0 Å². The minimum atomic E-state index is -0.404. The predicted octanol–water partition coefficient (Wildman–Crippen LogP) is 2.94. The van der Waals surface area contributed by atoms with E-state index in [9.17, 15) is 0 Å². The van der Waals surface area contributed by atoms with E-state index in [1.54, 1.807) is 14.2 Å². The SMILES string of the molecule is CNCC(=Cc1cc(OC)ccc1OC)B1OC(C)(C)C(C)(C)O1. The van der Waals surface area contributed by atoms with Crippen LogP contribution in [0.1, 0.15) is 33.3 Å². The molecule has 0 radical (unpaired) electrons. The Kier molecular flexibility index (Phi) is 5.63. The quantitative estimate of drug-likeness (QED) is 0.811. The zero-order chi connectivity index (χ0) is 18.0. The van der Waals surface area contributed by atoms with Crippen LogP contribution in [0.15, 0.2) is 23.7 Å². The molecular weight excluding hydrogens is 305 g/mol. The lowest BCUT2D eigenvalue weighted by Gasteiger charge is -2.32. The lowest BCUT2D eigenvalue weighted by Crippen LogP contribution is -2.41. The molecule has 132 valence electrons. The van der Waals surface area contributed by atoms with E-state index in [-0.39, 0.29) is 11.2 Å². The minimum Gasteiger partial charge on any atom is -0.497 e. The third-order valence-electron chi connectivity index (χ3n) is 4.71. The van der Waals surface area contributed by atoms with Crippen molar-refractivity contribution in [1.82, 2.24) is 5.32 Å². The van der Waals surface area contributed by atoms with E-state index < -0.39 is 7.12 Å². The van der Waals surface area contributed by atoms with Gasteiger partial charge in [-0.2, -0.15) is 0 Å². The second-order valence-electron chi connectivity index (χ2n) is 6.95. The van der Waals surface area contributed by atoms with Gasteiger partial charge in [-0.05, 0) is 58.4 Å². The molecule has 0 atom stereocenters. The Balaban J connectivity index is 2.40. The summed E-state index contributed by atoms with van der Waals surface area (Å²) in [6.07, 6.45) is 2.04. The molecule has 1 saturated heterocycles. The molecule has 0 bridgehead atoms. The van der Waals surface area contributed by atoms with Crippen LogP contribution in [0.2, 0.25) is 0 Å². The summed E-state index contributed by atoms with van der Waals surface area (Å²) in [5.41, 5.74) is 1.19. The van der Waals surface area contributed by atoms with Crippen LogP contribution in [0.25, 0.3) is 6.08 Å². The molecule has 0 amide bonds. The topological polar surface area (TPSA) is 49.0 Å².